The Hall–Kier alpha value is -2.02. The molecule has 0 fully saturated rings. The number of halogens is 1. The van der Waals surface area contributed by atoms with E-state index >= 15 is 0 Å². The van der Waals surface area contributed by atoms with Crippen LogP contribution in [0.4, 0.5) is 4.39 Å². The van der Waals surface area contributed by atoms with Gasteiger partial charge in [-0.1, -0.05) is 11.2 Å². The Morgan fingerprint density at radius 1 is 1.44 bits per heavy atom. The second-order valence-corrected chi connectivity index (χ2v) is 4.09. The van der Waals surface area contributed by atoms with Crippen molar-refractivity contribution in [1.82, 2.24) is 10.2 Å². The Morgan fingerprint density at radius 3 is 3.00 bits per heavy atom. The first-order valence-electron chi connectivity index (χ1n) is 5.13. The van der Waals surface area contributed by atoms with E-state index in [1.54, 1.807) is 13.0 Å². The highest BCUT2D eigenvalue weighted by atomic mass is 32.1. The fraction of sp³-hybridized carbons (Fsp3) is 0.182. The van der Waals surface area contributed by atoms with Crippen LogP contribution in [0.5, 0.6) is 10.9 Å². The minimum atomic E-state index is -0.552. The van der Waals surface area contributed by atoms with Crippen LogP contribution in [0.25, 0.3) is 0 Å². The highest BCUT2D eigenvalue weighted by Gasteiger charge is 2.14. The van der Waals surface area contributed by atoms with Gasteiger partial charge < -0.3 is 9.47 Å². The van der Waals surface area contributed by atoms with Gasteiger partial charge in [-0.25, -0.2) is 9.18 Å². The van der Waals surface area contributed by atoms with Crippen LogP contribution >= 0.6 is 11.3 Å². The van der Waals surface area contributed by atoms with Crippen LogP contribution < -0.4 is 4.74 Å². The average molecular weight is 268 g/mol. The van der Waals surface area contributed by atoms with Gasteiger partial charge in [0.1, 0.15) is 11.6 Å². The van der Waals surface area contributed by atoms with E-state index in [9.17, 15) is 9.18 Å². The van der Waals surface area contributed by atoms with E-state index in [4.69, 9.17) is 9.47 Å². The molecule has 2 aromatic rings. The molecule has 0 bridgehead atoms. The van der Waals surface area contributed by atoms with E-state index in [1.165, 1.54) is 18.2 Å². The van der Waals surface area contributed by atoms with Crippen molar-refractivity contribution in [1.29, 1.82) is 0 Å². The lowest BCUT2D eigenvalue weighted by Gasteiger charge is -1.99. The van der Waals surface area contributed by atoms with Gasteiger partial charge >= 0.3 is 5.97 Å². The molecule has 1 aromatic heterocycles. The number of nitrogens with zero attached hydrogens (tertiary/aromatic N) is 2. The van der Waals surface area contributed by atoms with Crippen molar-refractivity contribution in [3.05, 3.63) is 35.1 Å². The van der Waals surface area contributed by atoms with E-state index in [-0.39, 0.29) is 16.8 Å². The predicted molar refractivity (Wildman–Crippen MR) is 62.3 cm³/mol. The van der Waals surface area contributed by atoms with Gasteiger partial charge in [0.2, 0.25) is 5.01 Å². The second kappa shape index (κ2) is 5.54. The van der Waals surface area contributed by atoms with E-state index in [1.807, 2.05) is 0 Å². The Bertz CT molecular complexity index is 559. The predicted octanol–water partition coefficient (Wildman–Crippen LogP) is 2.65. The lowest BCUT2D eigenvalue weighted by Crippen LogP contribution is -2.03. The van der Waals surface area contributed by atoms with Crippen molar-refractivity contribution in [2.75, 3.05) is 6.61 Å². The Kier molecular flexibility index (Phi) is 3.83. The first-order chi connectivity index (χ1) is 8.69. The summed E-state index contributed by atoms with van der Waals surface area (Å²) in [6.07, 6.45) is 0. The zero-order valence-corrected chi connectivity index (χ0v) is 10.2. The SMILES string of the molecule is CCOC(=O)c1nnc(Oc2cccc(F)c2)s1. The molecule has 7 heteroatoms. The Balaban J connectivity index is 2.09. The average Bonchev–Trinajstić information content (AvgIpc) is 2.78. The number of esters is 1. The minimum Gasteiger partial charge on any atom is -0.461 e. The van der Waals surface area contributed by atoms with Gasteiger partial charge in [0, 0.05) is 6.07 Å². The highest BCUT2D eigenvalue weighted by Crippen LogP contribution is 2.25. The molecular weight excluding hydrogens is 259 g/mol. The monoisotopic (exact) mass is 268 g/mol. The zero-order chi connectivity index (χ0) is 13.0. The van der Waals surface area contributed by atoms with Crippen molar-refractivity contribution in [3.63, 3.8) is 0 Å². The summed E-state index contributed by atoms with van der Waals surface area (Å²) in [6.45, 7) is 1.96. The molecule has 0 aliphatic rings. The van der Waals surface area contributed by atoms with Gasteiger partial charge in [-0.3, -0.25) is 0 Å². The van der Waals surface area contributed by atoms with E-state index in [0.29, 0.717) is 5.75 Å². The molecule has 0 saturated heterocycles. The number of carbonyl (C=O) groups excluding carboxylic acids is 1. The lowest BCUT2D eigenvalue weighted by atomic mass is 10.3. The number of hydrogen-bond acceptors (Lipinski definition) is 6. The Morgan fingerprint density at radius 2 is 2.28 bits per heavy atom. The summed E-state index contributed by atoms with van der Waals surface area (Å²) in [5.41, 5.74) is 0. The summed E-state index contributed by atoms with van der Waals surface area (Å²) in [5.74, 6) is -0.673. The van der Waals surface area contributed by atoms with Crippen molar-refractivity contribution in [2.45, 2.75) is 6.92 Å². The topological polar surface area (TPSA) is 61.3 Å². The van der Waals surface area contributed by atoms with Gasteiger partial charge in [-0.05, 0) is 30.4 Å². The molecule has 0 spiro atoms. The quantitative estimate of drug-likeness (QED) is 0.798. The zero-order valence-electron chi connectivity index (χ0n) is 9.42. The molecule has 0 radical (unpaired) electrons. The van der Waals surface area contributed by atoms with Crippen LogP contribution in [-0.2, 0) is 4.74 Å². The van der Waals surface area contributed by atoms with Crippen LogP contribution in [0.2, 0.25) is 0 Å². The normalized spacial score (nSPS) is 10.1. The van der Waals surface area contributed by atoms with Gasteiger partial charge in [0.25, 0.3) is 5.19 Å². The third-order valence-corrected chi connectivity index (χ3v) is 2.64. The molecule has 0 aliphatic carbocycles. The molecule has 18 heavy (non-hydrogen) atoms. The standard InChI is InChI=1S/C11H9FN2O3S/c1-2-16-10(15)9-13-14-11(18-9)17-8-5-3-4-7(12)6-8/h3-6H,2H2,1H3. The maximum atomic E-state index is 12.9. The summed E-state index contributed by atoms with van der Waals surface area (Å²) < 4.78 is 22.9. The first-order valence-corrected chi connectivity index (χ1v) is 5.94. The molecule has 0 atom stereocenters. The maximum Gasteiger partial charge on any atom is 0.369 e. The number of hydrogen-bond donors (Lipinski definition) is 0. The van der Waals surface area contributed by atoms with Crippen LogP contribution in [0.3, 0.4) is 0 Å². The maximum absolute atomic E-state index is 12.9. The molecular formula is C11H9FN2O3S. The first kappa shape index (κ1) is 12.4. The van der Waals surface area contributed by atoms with Crippen molar-refractivity contribution in [3.8, 4) is 10.9 Å². The van der Waals surface area contributed by atoms with Crippen molar-refractivity contribution < 1.29 is 18.7 Å². The molecule has 1 aromatic carbocycles. The molecule has 0 N–H and O–H groups in total. The lowest BCUT2D eigenvalue weighted by molar-refractivity contribution is 0.0525. The van der Waals surface area contributed by atoms with Gasteiger partial charge in [-0.2, -0.15) is 0 Å². The van der Waals surface area contributed by atoms with Gasteiger partial charge in [-0.15, -0.1) is 5.10 Å². The molecule has 1 heterocycles. The fourth-order valence-electron chi connectivity index (χ4n) is 1.16. The number of aromatic nitrogens is 2. The van der Waals surface area contributed by atoms with Crippen LogP contribution in [0.1, 0.15) is 16.7 Å². The van der Waals surface area contributed by atoms with Crippen molar-refractivity contribution >= 4 is 17.3 Å². The van der Waals surface area contributed by atoms with Gasteiger partial charge in [0.15, 0.2) is 0 Å². The smallest absolute Gasteiger partial charge is 0.369 e. The number of benzene rings is 1. The summed E-state index contributed by atoms with van der Waals surface area (Å²) in [7, 11) is 0. The van der Waals surface area contributed by atoms with Crippen LogP contribution in [-0.4, -0.2) is 22.8 Å². The molecule has 5 nitrogen and oxygen atoms in total. The number of rotatable bonds is 4. The molecule has 0 amide bonds. The molecule has 94 valence electrons. The summed E-state index contributed by atoms with van der Waals surface area (Å²) in [5, 5.41) is 7.55. The largest absolute Gasteiger partial charge is 0.461 e. The molecule has 0 unspecified atom stereocenters. The number of carbonyl (C=O) groups is 1. The highest BCUT2D eigenvalue weighted by molar-refractivity contribution is 7.14. The fourth-order valence-corrected chi connectivity index (χ4v) is 1.77. The second-order valence-electron chi connectivity index (χ2n) is 3.15. The Labute approximate surface area is 106 Å². The van der Waals surface area contributed by atoms with E-state index in [2.05, 4.69) is 10.2 Å². The van der Waals surface area contributed by atoms with Crippen molar-refractivity contribution in [2.24, 2.45) is 0 Å². The summed E-state index contributed by atoms with van der Waals surface area (Å²) in [6, 6.07) is 5.61. The van der Waals surface area contributed by atoms with E-state index in [0.717, 1.165) is 11.3 Å². The summed E-state index contributed by atoms with van der Waals surface area (Å²) >= 11 is 0.940. The van der Waals surface area contributed by atoms with Crippen LogP contribution in [0.15, 0.2) is 24.3 Å². The third-order valence-electron chi connectivity index (χ3n) is 1.86. The molecule has 0 saturated carbocycles. The van der Waals surface area contributed by atoms with Crippen LogP contribution in [0, 0.1) is 5.82 Å². The third kappa shape index (κ3) is 3.01. The molecule has 2 rings (SSSR count). The number of ether oxygens (including phenoxy) is 2. The van der Waals surface area contributed by atoms with Gasteiger partial charge in [0.05, 0.1) is 6.61 Å². The minimum absolute atomic E-state index is 0.100. The summed E-state index contributed by atoms with van der Waals surface area (Å²) in [4.78, 5) is 11.3. The van der Waals surface area contributed by atoms with E-state index < -0.39 is 11.8 Å². The molecule has 0 aliphatic heterocycles.